The summed E-state index contributed by atoms with van der Waals surface area (Å²) >= 11 is 6.08. The molecule has 90 valence electrons. The van der Waals surface area contributed by atoms with Crippen molar-refractivity contribution in [1.82, 2.24) is 5.32 Å². The normalized spacial score (nSPS) is 10.6. The molecule has 1 nitrogen and oxygen atoms in total. The van der Waals surface area contributed by atoms with Gasteiger partial charge in [-0.2, -0.15) is 12.6 Å². The van der Waals surface area contributed by atoms with E-state index < -0.39 is 0 Å². The van der Waals surface area contributed by atoms with Crippen LogP contribution in [0.25, 0.3) is 0 Å². The summed E-state index contributed by atoms with van der Waals surface area (Å²) in [6.07, 6.45) is 2.26. The van der Waals surface area contributed by atoms with E-state index in [-0.39, 0.29) is 0 Å². The number of nitrogens with one attached hydrogen (secondary N) is 1. The molecular weight excluding hydrogens is 234 g/mol. The maximum absolute atomic E-state index is 4.18. The molecule has 0 spiro atoms. The van der Waals surface area contributed by atoms with Gasteiger partial charge in [-0.1, -0.05) is 19.1 Å². The molecule has 0 aromatic heterocycles. The molecule has 0 radical (unpaired) electrons. The first-order valence-corrected chi connectivity index (χ1v) is 7.52. The Morgan fingerprint density at radius 3 is 2.56 bits per heavy atom. The first kappa shape index (κ1) is 13.9. The quantitative estimate of drug-likeness (QED) is 0.420. The van der Waals surface area contributed by atoms with Crippen LogP contribution in [0.15, 0.2) is 29.2 Å². The van der Waals surface area contributed by atoms with Crippen molar-refractivity contribution in [1.29, 1.82) is 0 Å². The molecule has 1 aromatic carbocycles. The highest BCUT2D eigenvalue weighted by Gasteiger charge is 1.94. The summed E-state index contributed by atoms with van der Waals surface area (Å²) < 4.78 is 0. The maximum Gasteiger partial charge on any atom is 0.00720 e. The maximum atomic E-state index is 4.18. The van der Waals surface area contributed by atoms with Crippen LogP contribution in [0.5, 0.6) is 0 Å². The fraction of sp³-hybridized carbons (Fsp3) is 0.538. The van der Waals surface area contributed by atoms with Gasteiger partial charge in [0.25, 0.3) is 0 Å². The highest BCUT2D eigenvalue weighted by Crippen LogP contribution is 2.17. The lowest BCUT2D eigenvalue weighted by molar-refractivity contribution is 0.675. The van der Waals surface area contributed by atoms with Gasteiger partial charge in [-0.15, -0.1) is 11.8 Å². The van der Waals surface area contributed by atoms with Crippen LogP contribution in [-0.2, 0) is 6.42 Å². The van der Waals surface area contributed by atoms with E-state index in [2.05, 4.69) is 49.1 Å². The molecule has 16 heavy (non-hydrogen) atoms. The van der Waals surface area contributed by atoms with Crippen molar-refractivity contribution in [2.24, 2.45) is 0 Å². The van der Waals surface area contributed by atoms with Gasteiger partial charge in [0, 0.05) is 4.90 Å². The van der Waals surface area contributed by atoms with Gasteiger partial charge in [-0.05, 0) is 55.1 Å². The average molecular weight is 255 g/mol. The second kappa shape index (κ2) is 8.97. The molecule has 0 aliphatic carbocycles. The van der Waals surface area contributed by atoms with Gasteiger partial charge in [0.2, 0.25) is 0 Å². The molecule has 0 saturated carbocycles. The Labute approximate surface area is 109 Å². The summed E-state index contributed by atoms with van der Waals surface area (Å²) in [5.41, 5.74) is 1.42. The number of hydrogen-bond acceptors (Lipinski definition) is 3. The molecule has 1 N–H and O–H groups in total. The minimum atomic E-state index is 0.968. The molecule has 0 unspecified atom stereocenters. The molecule has 0 aliphatic heterocycles. The lowest BCUT2D eigenvalue weighted by atomic mass is 10.1. The summed E-state index contributed by atoms with van der Waals surface area (Å²) in [5, 5.41) is 3.42. The molecule has 0 saturated heterocycles. The van der Waals surface area contributed by atoms with E-state index in [0.717, 1.165) is 37.4 Å². The van der Waals surface area contributed by atoms with Gasteiger partial charge >= 0.3 is 0 Å². The van der Waals surface area contributed by atoms with Gasteiger partial charge in [-0.25, -0.2) is 0 Å². The summed E-state index contributed by atoms with van der Waals surface area (Å²) in [6, 6.07) is 8.91. The zero-order valence-corrected chi connectivity index (χ0v) is 11.6. The third-order valence-corrected chi connectivity index (χ3v) is 3.55. The van der Waals surface area contributed by atoms with E-state index in [1.807, 2.05) is 11.8 Å². The molecule has 1 aromatic rings. The highest BCUT2D eigenvalue weighted by molar-refractivity contribution is 7.99. The van der Waals surface area contributed by atoms with Crippen molar-refractivity contribution in [3.8, 4) is 0 Å². The molecule has 0 amide bonds. The van der Waals surface area contributed by atoms with E-state index in [1.165, 1.54) is 10.5 Å². The average Bonchev–Trinajstić information content (AvgIpc) is 2.31. The van der Waals surface area contributed by atoms with Crippen LogP contribution in [0.2, 0.25) is 0 Å². The number of thiol groups is 1. The molecule has 0 atom stereocenters. The van der Waals surface area contributed by atoms with Crippen molar-refractivity contribution in [3.05, 3.63) is 29.8 Å². The predicted octanol–water partition coefficient (Wildman–Crippen LogP) is 3.25. The van der Waals surface area contributed by atoms with Crippen LogP contribution in [-0.4, -0.2) is 24.6 Å². The van der Waals surface area contributed by atoms with Gasteiger partial charge in [0.05, 0.1) is 0 Å². The Hall–Kier alpha value is -0.120. The Morgan fingerprint density at radius 2 is 1.94 bits per heavy atom. The number of thioether (sulfide) groups is 1. The number of rotatable bonds is 8. The predicted molar refractivity (Wildman–Crippen MR) is 77.9 cm³/mol. The standard InChI is InChI=1S/C13H21NS2/c1-2-16-13-6-4-12(5-7-13)8-10-14-9-3-11-15/h4-7,14-15H,2-3,8-11H2,1H3. The van der Waals surface area contributed by atoms with Crippen LogP contribution in [0, 0.1) is 0 Å². The van der Waals surface area contributed by atoms with E-state index in [1.54, 1.807) is 0 Å². The van der Waals surface area contributed by atoms with Gasteiger partial charge < -0.3 is 5.32 Å². The topological polar surface area (TPSA) is 12.0 Å². The smallest absolute Gasteiger partial charge is 0.00720 e. The van der Waals surface area contributed by atoms with Crippen LogP contribution in [0.3, 0.4) is 0 Å². The number of hydrogen-bond donors (Lipinski definition) is 2. The van der Waals surface area contributed by atoms with Gasteiger partial charge in [0.15, 0.2) is 0 Å². The van der Waals surface area contributed by atoms with Crippen molar-refractivity contribution in [3.63, 3.8) is 0 Å². The van der Waals surface area contributed by atoms with E-state index in [9.17, 15) is 0 Å². The van der Waals surface area contributed by atoms with Crippen LogP contribution in [0.1, 0.15) is 18.9 Å². The largest absolute Gasteiger partial charge is 0.316 e. The molecular formula is C13H21NS2. The molecule has 0 bridgehead atoms. The lowest BCUT2D eigenvalue weighted by Gasteiger charge is -2.05. The summed E-state index contributed by atoms with van der Waals surface area (Å²) in [7, 11) is 0. The van der Waals surface area contributed by atoms with E-state index in [0.29, 0.717) is 0 Å². The first-order chi connectivity index (χ1) is 7.86. The van der Waals surface area contributed by atoms with E-state index in [4.69, 9.17) is 0 Å². The minimum absolute atomic E-state index is 0.968. The van der Waals surface area contributed by atoms with Crippen molar-refractivity contribution < 1.29 is 0 Å². The second-order valence-electron chi connectivity index (χ2n) is 3.65. The summed E-state index contributed by atoms with van der Waals surface area (Å²) in [5.74, 6) is 2.11. The third kappa shape index (κ3) is 5.83. The van der Waals surface area contributed by atoms with Crippen molar-refractivity contribution in [2.75, 3.05) is 24.6 Å². The second-order valence-corrected chi connectivity index (χ2v) is 5.44. The monoisotopic (exact) mass is 255 g/mol. The highest BCUT2D eigenvalue weighted by atomic mass is 32.2. The van der Waals surface area contributed by atoms with Crippen molar-refractivity contribution >= 4 is 24.4 Å². The summed E-state index contributed by atoms with van der Waals surface area (Å²) in [4.78, 5) is 1.37. The van der Waals surface area contributed by atoms with Gasteiger partial charge in [0.1, 0.15) is 0 Å². The minimum Gasteiger partial charge on any atom is -0.316 e. The molecule has 3 heteroatoms. The zero-order valence-electron chi connectivity index (χ0n) is 9.91. The molecule has 0 fully saturated rings. The van der Waals surface area contributed by atoms with Crippen LogP contribution < -0.4 is 5.32 Å². The Balaban J connectivity index is 2.21. The SMILES string of the molecule is CCSc1ccc(CCNCCCS)cc1. The first-order valence-electron chi connectivity index (χ1n) is 5.90. The van der Waals surface area contributed by atoms with Crippen LogP contribution >= 0.6 is 24.4 Å². The Kier molecular flexibility index (Phi) is 7.81. The molecule has 0 heterocycles. The van der Waals surface area contributed by atoms with Crippen LogP contribution in [0.4, 0.5) is 0 Å². The Morgan fingerprint density at radius 1 is 1.19 bits per heavy atom. The molecule has 1 rings (SSSR count). The van der Waals surface area contributed by atoms with E-state index >= 15 is 0 Å². The van der Waals surface area contributed by atoms with Crippen molar-refractivity contribution in [2.45, 2.75) is 24.7 Å². The lowest BCUT2D eigenvalue weighted by Crippen LogP contribution is -2.18. The Bertz CT molecular complexity index is 272. The fourth-order valence-corrected chi connectivity index (χ4v) is 2.30. The fourth-order valence-electron chi connectivity index (χ4n) is 1.48. The third-order valence-electron chi connectivity index (χ3n) is 2.34. The zero-order chi connectivity index (χ0) is 11.6. The number of benzene rings is 1. The summed E-state index contributed by atoms with van der Waals surface area (Å²) in [6.45, 7) is 4.32. The van der Waals surface area contributed by atoms with Gasteiger partial charge in [-0.3, -0.25) is 0 Å². The molecule has 0 aliphatic rings.